The normalized spacial score (nSPS) is 18.2. The molecule has 2 heterocycles. The first kappa shape index (κ1) is 24.1. The molecule has 0 bridgehead atoms. The Morgan fingerprint density at radius 3 is 2.72 bits per heavy atom. The predicted molar refractivity (Wildman–Crippen MR) is 123 cm³/mol. The van der Waals surface area contributed by atoms with Gasteiger partial charge in [0, 0.05) is 19.0 Å². The van der Waals surface area contributed by atoms with E-state index >= 15 is 0 Å². The highest BCUT2D eigenvalue weighted by molar-refractivity contribution is 8.00. The minimum absolute atomic E-state index is 0.0777. The average Bonchev–Trinajstić information content (AvgIpc) is 3.34. The van der Waals surface area contributed by atoms with Crippen LogP contribution in [0.15, 0.2) is 36.0 Å². The van der Waals surface area contributed by atoms with Crippen molar-refractivity contribution in [3.63, 3.8) is 0 Å². The van der Waals surface area contributed by atoms with E-state index < -0.39 is 15.1 Å². The third-order valence-corrected chi connectivity index (χ3v) is 8.07. The number of ether oxygens (including phenoxy) is 2. The van der Waals surface area contributed by atoms with Gasteiger partial charge in [0.1, 0.15) is 5.82 Å². The fourth-order valence-electron chi connectivity index (χ4n) is 3.52. The van der Waals surface area contributed by atoms with Crippen LogP contribution in [0.4, 0.5) is 0 Å². The van der Waals surface area contributed by atoms with Crippen LogP contribution >= 0.6 is 11.8 Å². The van der Waals surface area contributed by atoms with Gasteiger partial charge >= 0.3 is 0 Å². The maximum atomic E-state index is 12.7. The standard InChI is InChI=1S/C21H28N4O5S2/c1-5-9-25-19(16-8-10-32(27,28)13-16)23-24-21(25)31-14(2)20(26)22-12-15-6-7-17(29-3)18(11-15)30-4/h5-7,11,14,16H,1,8-10,12-13H2,2-4H3,(H,22,26). The molecule has 1 N–H and O–H groups in total. The molecule has 174 valence electrons. The van der Waals surface area contributed by atoms with Crippen molar-refractivity contribution in [2.24, 2.45) is 0 Å². The zero-order valence-electron chi connectivity index (χ0n) is 18.4. The summed E-state index contributed by atoms with van der Waals surface area (Å²) in [6.45, 7) is 6.35. The van der Waals surface area contributed by atoms with Crippen molar-refractivity contribution in [1.82, 2.24) is 20.1 Å². The van der Waals surface area contributed by atoms with Crippen LogP contribution in [0.1, 0.15) is 30.7 Å². The fourth-order valence-corrected chi connectivity index (χ4v) is 6.15. The van der Waals surface area contributed by atoms with Crippen molar-refractivity contribution in [3.8, 4) is 11.5 Å². The number of nitrogens with one attached hydrogen (secondary N) is 1. The number of sulfone groups is 1. The number of allylic oxidation sites excluding steroid dienone is 1. The van der Waals surface area contributed by atoms with Gasteiger partial charge in [-0.2, -0.15) is 0 Å². The van der Waals surface area contributed by atoms with Crippen LogP contribution in [-0.4, -0.2) is 60.1 Å². The second-order valence-corrected chi connectivity index (χ2v) is 11.0. The third-order valence-electron chi connectivity index (χ3n) is 5.22. The Bertz CT molecular complexity index is 1080. The van der Waals surface area contributed by atoms with Gasteiger partial charge < -0.3 is 19.4 Å². The highest BCUT2D eigenvalue weighted by atomic mass is 32.2. The number of carbonyl (C=O) groups is 1. The van der Waals surface area contributed by atoms with E-state index in [0.29, 0.717) is 42.0 Å². The van der Waals surface area contributed by atoms with Gasteiger partial charge in [-0.15, -0.1) is 16.8 Å². The van der Waals surface area contributed by atoms with Crippen molar-refractivity contribution in [2.45, 2.75) is 42.8 Å². The molecule has 2 unspecified atom stereocenters. The monoisotopic (exact) mass is 480 g/mol. The summed E-state index contributed by atoms with van der Waals surface area (Å²) in [7, 11) is 0.0924. The first-order valence-electron chi connectivity index (χ1n) is 10.2. The van der Waals surface area contributed by atoms with E-state index in [1.165, 1.54) is 11.8 Å². The second kappa shape index (κ2) is 10.4. The summed E-state index contributed by atoms with van der Waals surface area (Å²) >= 11 is 1.28. The number of hydrogen-bond acceptors (Lipinski definition) is 8. The van der Waals surface area contributed by atoms with Crippen LogP contribution in [0.3, 0.4) is 0 Å². The second-order valence-electron chi connectivity index (χ2n) is 7.51. The molecule has 0 radical (unpaired) electrons. The van der Waals surface area contributed by atoms with Gasteiger partial charge in [-0.05, 0) is 31.0 Å². The summed E-state index contributed by atoms with van der Waals surface area (Å²) in [6.07, 6.45) is 2.24. The lowest BCUT2D eigenvalue weighted by molar-refractivity contribution is -0.120. The van der Waals surface area contributed by atoms with Crippen LogP contribution in [0, 0.1) is 0 Å². The number of nitrogens with zero attached hydrogens (tertiary/aromatic N) is 3. The molecule has 32 heavy (non-hydrogen) atoms. The highest BCUT2D eigenvalue weighted by Gasteiger charge is 2.33. The molecule has 1 fully saturated rings. The molecule has 11 heteroatoms. The van der Waals surface area contributed by atoms with E-state index in [2.05, 4.69) is 22.1 Å². The van der Waals surface area contributed by atoms with Gasteiger partial charge in [0.2, 0.25) is 5.91 Å². The molecular formula is C21H28N4O5S2. The molecule has 2 aromatic rings. The van der Waals surface area contributed by atoms with Gasteiger partial charge in [-0.25, -0.2) is 8.42 Å². The summed E-state index contributed by atoms with van der Waals surface area (Å²) in [5.74, 6) is 1.76. The van der Waals surface area contributed by atoms with Crippen molar-refractivity contribution < 1.29 is 22.7 Å². The number of aromatic nitrogens is 3. The van der Waals surface area contributed by atoms with Crippen LogP contribution in [0.5, 0.6) is 11.5 Å². The molecule has 1 amide bonds. The first-order chi connectivity index (χ1) is 15.3. The molecule has 1 saturated heterocycles. The summed E-state index contributed by atoms with van der Waals surface area (Å²) in [6, 6.07) is 5.47. The lowest BCUT2D eigenvalue weighted by Crippen LogP contribution is -2.30. The minimum Gasteiger partial charge on any atom is -0.493 e. The van der Waals surface area contributed by atoms with Crippen LogP contribution < -0.4 is 14.8 Å². The van der Waals surface area contributed by atoms with Crippen molar-refractivity contribution >= 4 is 27.5 Å². The number of carbonyl (C=O) groups excluding carboxylic acids is 1. The fraction of sp³-hybridized carbons (Fsp3) is 0.476. The van der Waals surface area contributed by atoms with Gasteiger partial charge in [0.15, 0.2) is 26.5 Å². The Hall–Kier alpha value is -2.53. The van der Waals surface area contributed by atoms with E-state index in [1.54, 1.807) is 33.3 Å². The smallest absolute Gasteiger partial charge is 0.233 e. The number of rotatable bonds is 10. The van der Waals surface area contributed by atoms with Gasteiger partial charge in [-0.1, -0.05) is 23.9 Å². The number of amides is 1. The Kier molecular flexibility index (Phi) is 7.83. The van der Waals surface area contributed by atoms with E-state index in [4.69, 9.17) is 9.47 Å². The lowest BCUT2D eigenvalue weighted by atomic mass is 10.1. The van der Waals surface area contributed by atoms with Crippen molar-refractivity contribution in [1.29, 1.82) is 0 Å². The maximum absolute atomic E-state index is 12.7. The minimum atomic E-state index is -3.04. The zero-order chi connectivity index (χ0) is 23.3. The molecule has 1 aromatic heterocycles. The third kappa shape index (κ3) is 5.63. The van der Waals surface area contributed by atoms with Gasteiger partial charge in [0.25, 0.3) is 0 Å². The molecule has 3 rings (SSSR count). The number of hydrogen-bond donors (Lipinski definition) is 1. The predicted octanol–water partition coefficient (Wildman–Crippen LogP) is 2.18. The van der Waals surface area contributed by atoms with E-state index in [1.807, 2.05) is 16.7 Å². The Morgan fingerprint density at radius 1 is 1.34 bits per heavy atom. The Morgan fingerprint density at radius 2 is 2.09 bits per heavy atom. The number of methoxy groups -OCH3 is 2. The maximum Gasteiger partial charge on any atom is 0.233 e. The summed E-state index contributed by atoms with van der Waals surface area (Å²) in [4.78, 5) is 12.7. The largest absolute Gasteiger partial charge is 0.493 e. The van der Waals surface area contributed by atoms with E-state index in [-0.39, 0.29) is 23.3 Å². The molecule has 9 nitrogen and oxygen atoms in total. The molecule has 1 aliphatic rings. The number of thioether (sulfide) groups is 1. The van der Waals surface area contributed by atoms with E-state index in [9.17, 15) is 13.2 Å². The molecule has 0 spiro atoms. The molecular weight excluding hydrogens is 452 g/mol. The van der Waals surface area contributed by atoms with Crippen molar-refractivity contribution in [2.75, 3.05) is 25.7 Å². The van der Waals surface area contributed by atoms with E-state index in [0.717, 1.165) is 5.56 Å². The Balaban J connectivity index is 1.65. The summed E-state index contributed by atoms with van der Waals surface area (Å²) in [5, 5.41) is 11.5. The first-order valence-corrected chi connectivity index (χ1v) is 12.9. The highest BCUT2D eigenvalue weighted by Crippen LogP contribution is 2.31. The number of benzene rings is 1. The summed E-state index contributed by atoms with van der Waals surface area (Å²) < 4.78 is 36.1. The van der Waals surface area contributed by atoms with Gasteiger partial charge in [0.05, 0.1) is 31.0 Å². The van der Waals surface area contributed by atoms with Crippen LogP contribution in [-0.2, 0) is 27.7 Å². The lowest BCUT2D eigenvalue weighted by Gasteiger charge is -2.15. The molecule has 2 atom stereocenters. The molecule has 1 aromatic carbocycles. The Labute approximate surface area is 192 Å². The van der Waals surface area contributed by atoms with Gasteiger partial charge in [-0.3, -0.25) is 4.79 Å². The van der Waals surface area contributed by atoms with Crippen LogP contribution in [0.25, 0.3) is 0 Å². The SMILES string of the molecule is C=CCn1c(SC(C)C(=O)NCc2ccc(OC)c(OC)c2)nnc1C1CCS(=O)(=O)C1. The van der Waals surface area contributed by atoms with Crippen molar-refractivity contribution in [3.05, 3.63) is 42.2 Å². The zero-order valence-corrected chi connectivity index (χ0v) is 20.0. The topological polar surface area (TPSA) is 112 Å². The van der Waals surface area contributed by atoms with Crippen LogP contribution in [0.2, 0.25) is 0 Å². The quantitative estimate of drug-likeness (QED) is 0.407. The summed E-state index contributed by atoms with van der Waals surface area (Å²) in [5.41, 5.74) is 0.882. The molecule has 0 aliphatic carbocycles. The molecule has 0 saturated carbocycles. The molecule has 1 aliphatic heterocycles. The average molecular weight is 481 g/mol.